The molecule has 1 aromatic carbocycles. The first-order valence-corrected chi connectivity index (χ1v) is 8.55. The monoisotopic (exact) mass is 347 g/mol. The molecule has 1 aromatic heterocycles. The summed E-state index contributed by atoms with van der Waals surface area (Å²) in [5, 5.41) is 16.5. The Balaban J connectivity index is 1.43. The van der Waals surface area contributed by atoms with Crippen LogP contribution in [0.25, 0.3) is 10.6 Å². The molecule has 126 valence electrons. The number of amides is 1. The number of aromatic nitrogens is 1. The summed E-state index contributed by atoms with van der Waals surface area (Å²) < 4.78 is 10.7. The van der Waals surface area contributed by atoms with Crippen molar-refractivity contribution in [3.05, 3.63) is 29.3 Å². The molecule has 24 heavy (non-hydrogen) atoms. The number of thiazole rings is 1. The molecule has 0 bridgehead atoms. The summed E-state index contributed by atoms with van der Waals surface area (Å²) in [6, 6.07) is 5.60. The lowest BCUT2D eigenvalue weighted by Gasteiger charge is -2.13. The largest absolute Gasteiger partial charge is 0.454 e. The molecule has 2 aromatic rings. The number of rotatable bonds is 4. The maximum absolute atomic E-state index is 12.3. The third-order valence-corrected chi connectivity index (χ3v) is 5.22. The number of β-amino-alcohol motifs (C(OH)–C–C–N with tert-alkyl or cyclic N) is 1. The first-order valence-electron chi connectivity index (χ1n) is 7.73. The molecule has 2 aliphatic rings. The maximum atomic E-state index is 12.3. The van der Waals surface area contributed by atoms with Crippen molar-refractivity contribution in [2.24, 2.45) is 5.92 Å². The predicted molar refractivity (Wildman–Crippen MR) is 88.4 cm³/mol. The van der Waals surface area contributed by atoms with Crippen molar-refractivity contribution in [3.8, 4) is 22.1 Å². The Labute approximate surface area is 142 Å². The molecule has 2 unspecified atom stereocenters. The number of hydrogen-bond donors (Lipinski definition) is 3. The molecule has 3 heterocycles. The molecule has 2 atom stereocenters. The van der Waals surface area contributed by atoms with Gasteiger partial charge in [0.15, 0.2) is 11.5 Å². The number of nitrogens with zero attached hydrogens (tertiary/aromatic N) is 1. The third-order valence-electron chi connectivity index (χ3n) is 4.18. The number of carbonyl (C=O) groups excluding carboxylic acids is 1. The average Bonchev–Trinajstić information content (AvgIpc) is 3.32. The Morgan fingerprint density at radius 2 is 2.25 bits per heavy atom. The number of aliphatic hydroxyl groups excluding tert-OH is 1. The summed E-state index contributed by atoms with van der Waals surface area (Å²) in [4.78, 5) is 17.1. The topological polar surface area (TPSA) is 92.7 Å². The van der Waals surface area contributed by atoms with Gasteiger partial charge in [0.25, 0.3) is 5.91 Å². The van der Waals surface area contributed by atoms with Gasteiger partial charge in [-0.2, -0.15) is 0 Å². The highest BCUT2D eigenvalue weighted by Gasteiger charge is 2.25. The molecule has 0 radical (unpaired) electrons. The number of carbonyl (C=O) groups is 1. The Kier molecular flexibility index (Phi) is 4.09. The van der Waals surface area contributed by atoms with Gasteiger partial charge in [0.05, 0.1) is 12.3 Å². The smallest absolute Gasteiger partial charge is 0.263 e. The normalized spacial score (nSPS) is 21.9. The number of benzene rings is 1. The minimum absolute atomic E-state index is 0.0511. The molecular weight excluding hydrogens is 330 g/mol. The summed E-state index contributed by atoms with van der Waals surface area (Å²) >= 11 is 1.33. The lowest BCUT2D eigenvalue weighted by atomic mass is 10.1. The van der Waals surface area contributed by atoms with Crippen molar-refractivity contribution >= 4 is 17.2 Å². The van der Waals surface area contributed by atoms with Crippen LogP contribution in [0.4, 0.5) is 0 Å². The molecule has 8 heteroatoms. The zero-order valence-corrected chi connectivity index (χ0v) is 13.6. The minimum atomic E-state index is -0.407. The average molecular weight is 347 g/mol. The molecule has 4 rings (SSSR count). The SMILES string of the molecule is O=C(NCC1CNCC1O)c1cnc(-c2ccc3c(c2)OCO3)s1. The quantitative estimate of drug-likeness (QED) is 0.759. The summed E-state index contributed by atoms with van der Waals surface area (Å²) in [7, 11) is 0. The van der Waals surface area contributed by atoms with Crippen LogP contribution in [0.1, 0.15) is 9.67 Å². The molecule has 0 aliphatic carbocycles. The van der Waals surface area contributed by atoms with E-state index < -0.39 is 6.10 Å². The highest BCUT2D eigenvalue weighted by atomic mass is 32.1. The predicted octanol–water partition coefficient (Wildman–Crippen LogP) is 0.849. The molecule has 3 N–H and O–H groups in total. The van der Waals surface area contributed by atoms with Crippen LogP contribution in [0, 0.1) is 5.92 Å². The second-order valence-corrected chi connectivity index (χ2v) is 6.82. The zero-order chi connectivity index (χ0) is 16.5. The van der Waals surface area contributed by atoms with Crippen LogP contribution < -0.4 is 20.1 Å². The molecule has 0 spiro atoms. The van der Waals surface area contributed by atoms with Crippen molar-refractivity contribution in [2.45, 2.75) is 6.10 Å². The Morgan fingerprint density at radius 3 is 3.08 bits per heavy atom. The van der Waals surface area contributed by atoms with Crippen molar-refractivity contribution in [1.82, 2.24) is 15.6 Å². The fourth-order valence-corrected chi connectivity index (χ4v) is 3.61. The Morgan fingerprint density at radius 1 is 1.38 bits per heavy atom. The van der Waals surface area contributed by atoms with Crippen LogP contribution >= 0.6 is 11.3 Å². The van der Waals surface area contributed by atoms with Gasteiger partial charge in [-0.1, -0.05) is 0 Å². The van der Waals surface area contributed by atoms with Crippen LogP contribution in [-0.4, -0.2) is 48.5 Å². The lowest BCUT2D eigenvalue weighted by molar-refractivity contribution is 0.0931. The summed E-state index contributed by atoms with van der Waals surface area (Å²) in [6.45, 7) is 1.97. The van der Waals surface area contributed by atoms with E-state index in [1.54, 1.807) is 6.20 Å². The van der Waals surface area contributed by atoms with Crippen LogP contribution in [0.2, 0.25) is 0 Å². The van der Waals surface area contributed by atoms with Crippen molar-refractivity contribution in [1.29, 1.82) is 0 Å². The van der Waals surface area contributed by atoms with Gasteiger partial charge in [0, 0.05) is 31.1 Å². The van der Waals surface area contributed by atoms with Gasteiger partial charge in [-0.05, 0) is 18.2 Å². The maximum Gasteiger partial charge on any atom is 0.263 e. The number of ether oxygens (including phenoxy) is 2. The molecule has 1 saturated heterocycles. The summed E-state index contributed by atoms with van der Waals surface area (Å²) in [5.41, 5.74) is 0.888. The van der Waals surface area contributed by atoms with Gasteiger partial charge in [0.2, 0.25) is 6.79 Å². The number of hydrogen-bond acceptors (Lipinski definition) is 7. The van der Waals surface area contributed by atoms with E-state index in [1.165, 1.54) is 11.3 Å². The minimum Gasteiger partial charge on any atom is -0.454 e. The van der Waals surface area contributed by atoms with E-state index >= 15 is 0 Å². The first-order chi connectivity index (χ1) is 11.7. The second kappa shape index (κ2) is 6.39. The number of aliphatic hydroxyl groups is 1. The van der Waals surface area contributed by atoms with Crippen molar-refractivity contribution < 1.29 is 19.4 Å². The Hall–Kier alpha value is -2.16. The van der Waals surface area contributed by atoms with E-state index in [0.29, 0.717) is 30.3 Å². The standard InChI is InChI=1S/C16H17N3O4S/c20-11-6-17-4-10(11)5-18-15(21)14-7-19-16(24-14)9-1-2-12-13(3-9)23-8-22-12/h1-3,7,10-11,17,20H,4-6,8H2,(H,18,21). The van der Waals surface area contributed by atoms with Gasteiger partial charge >= 0.3 is 0 Å². The van der Waals surface area contributed by atoms with E-state index in [9.17, 15) is 9.90 Å². The van der Waals surface area contributed by atoms with Gasteiger partial charge in [-0.25, -0.2) is 4.98 Å². The van der Waals surface area contributed by atoms with Gasteiger partial charge in [0.1, 0.15) is 9.88 Å². The zero-order valence-electron chi connectivity index (χ0n) is 12.8. The highest BCUT2D eigenvalue weighted by molar-refractivity contribution is 7.16. The van der Waals surface area contributed by atoms with E-state index in [2.05, 4.69) is 15.6 Å². The molecule has 1 fully saturated rings. The van der Waals surface area contributed by atoms with Crippen LogP contribution in [0.15, 0.2) is 24.4 Å². The molecule has 0 saturated carbocycles. The van der Waals surface area contributed by atoms with E-state index in [-0.39, 0.29) is 18.6 Å². The van der Waals surface area contributed by atoms with Crippen LogP contribution in [0.3, 0.4) is 0 Å². The first kappa shape index (κ1) is 15.4. The fraction of sp³-hybridized carbons (Fsp3) is 0.375. The molecule has 7 nitrogen and oxygen atoms in total. The summed E-state index contributed by atoms with van der Waals surface area (Å²) in [6.07, 6.45) is 1.17. The van der Waals surface area contributed by atoms with Crippen molar-refractivity contribution in [2.75, 3.05) is 26.4 Å². The summed E-state index contributed by atoms with van der Waals surface area (Å²) in [5.74, 6) is 1.29. The number of fused-ring (bicyclic) bond motifs is 1. The number of nitrogens with one attached hydrogen (secondary N) is 2. The third kappa shape index (κ3) is 2.95. The van der Waals surface area contributed by atoms with Gasteiger partial charge in [-0.15, -0.1) is 11.3 Å². The highest BCUT2D eigenvalue weighted by Crippen LogP contribution is 2.36. The van der Waals surface area contributed by atoms with Crippen LogP contribution in [-0.2, 0) is 0 Å². The molecule has 1 amide bonds. The molecule has 2 aliphatic heterocycles. The molecular formula is C16H17N3O4S. The van der Waals surface area contributed by atoms with Gasteiger partial charge in [-0.3, -0.25) is 4.79 Å². The second-order valence-electron chi connectivity index (χ2n) is 5.79. The fourth-order valence-electron chi connectivity index (χ4n) is 2.78. The van der Waals surface area contributed by atoms with Crippen LogP contribution in [0.5, 0.6) is 11.5 Å². The van der Waals surface area contributed by atoms with Gasteiger partial charge < -0.3 is 25.2 Å². The van der Waals surface area contributed by atoms with E-state index in [0.717, 1.165) is 16.3 Å². The van der Waals surface area contributed by atoms with E-state index in [1.807, 2.05) is 18.2 Å². The van der Waals surface area contributed by atoms with Crippen molar-refractivity contribution in [3.63, 3.8) is 0 Å². The Bertz CT molecular complexity index is 764. The lowest BCUT2D eigenvalue weighted by Crippen LogP contribution is -2.34. The van der Waals surface area contributed by atoms with E-state index in [4.69, 9.17) is 9.47 Å².